The van der Waals surface area contributed by atoms with E-state index in [0.29, 0.717) is 30.5 Å². The van der Waals surface area contributed by atoms with E-state index in [1.807, 2.05) is 25.2 Å². The van der Waals surface area contributed by atoms with Gasteiger partial charge in [-0.2, -0.15) is 4.68 Å². The van der Waals surface area contributed by atoms with Crippen molar-refractivity contribution in [2.24, 2.45) is 0 Å². The van der Waals surface area contributed by atoms with Crippen LogP contribution in [0.2, 0.25) is 0 Å². The second kappa shape index (κ2) is 7.75. The molecular formula is C19H25N5O4. The number of rotatable bonds is 5. The Morgan fingerprint density at radius 2 is 1.96 bits per heavy atom. The van der Waals surface area contributed by atoms with E-state index in [1.165, 1.54) is 7.11 Å². The quantitative estimate of drug-likeness (QED) is 0.771. The molecule has 0 radical (unpaired) electrons. The van der Waals surface area contributed by atoms with E-state index < -0.39 is 5.54 Å². The number of carbonyl (C=O) groups is 1. The van der Waals surface area contributed by atoms with Gasteiger partial charge in [0.05, 0.1) is 5.69 Å². The van der Waals surface area contributed by atoms with E-state index >= 15 is 0 Å². The van der Waals surface area contributed by atoms with E-state index in [9.17, 15) is 4.79 Å². The number of benzene rings is 1. The van der Waals surface area contributed by atoms with Gasteiger partial charge in [0.15, 0.2) is 17.3 Å². The van der Waals surface area contributed by atoms with Crippen molar-refractivity contribution in [2.45, 2.75) is 37.6 Å². The molecule has 0 atom stereocenters. The predicted molar refractivity (Wildman–Crippen MR) is 99.6 cm³/mol. The standard InChI is InChI=1S/C19H25N5O4/c1-23(17(25)13-26-2)19(8-4-3-5-9-19)18-20-21-22-24(18)14-6-7-15-16(12-14)28-11-10-27-15/h6-7,12H,3-5,8-11,13H2,1-2H3. The highest BCUT2D eigenvalue weighted by Crippen LogP contribution is 2.42. The highest BCUT2D eigenvalue weighted by molar-refractivity contribution is 5.78. The van der Waals surface area contributed by atoms with Crippen LogP contribution in [0.25, 0.3) is 5.69 Å². The number of carbonyl (C=O) groups excluding carboxylic acids is 1. The Morgan fingerprint density at radius 3 is 2.71 bits per heavy atom. The molecule has 2 aromatic rings. The van der Waals surface area contributed by atoms with Gasteiger partial charge in [0.25, 0.3) is 0 Å². The van der Waals surface area contributed by atoms with Gasteiger partial charge in [-0.15, -0.1) is 5.10 Å². The Labute approximate surface area is 163 Å². The third-order valence-corrected chi connectivity index (χ3v) is 5.62. The minimum atomic E-state index is -0.565. The molecule has 0 spiro atoms. The second-order valence-electron chi connectivity index (χ2n) is 7.22. The number of hydrogen-bond donors (Lipinski definition) is 0. The van der Waals surface area contributed by atoms with Crippen LogP contribution >= 0.6 is 0 Å². The number of tetrazole rings is 1. The summed E-state index contributed by atoms with van der Waals surface area (Å²) < 4.78 is 18.1. The summed E-state index contributed by atoms with van der Waals surface area (Å²) in [5, 5.41) is 12.5. The molecule has 1 aromatic carbocycles. The number of fused-ring (bicyclic) bond motifs is 1. The highest BCUT2D eigenvalue weighted by Gasteiger charge is 2.44. The van der Waals surface area contributed by atoms with Crippen LogP contribution in [0.3, 0.4) is 0 Å². The zero-order chi connectivity index (χ0) is 19.6. The van der Waals surface area contributed by atoms with Gasteiger partial charge in [0.2, 0.25) is 5.91 Å². The summed E-state index contributed by atoms with van der Waals surface area (Å²) in [6.07, 6.45) is 4.78. The molecule has 0 bridgehead atoms. The average molecular weight is 387 g/mol. The number of aromatic nitrogens is 4. The predicted octanol–water partition coefficient (Wildman–Crippen LogP) is 1.70. The largest absolute Gasteiger partial charge is 0.486 e. The Morgan fingerprint density at radius 1 is 1.21 bits per heavy atom. The van der Waals surface area contributed by atoms with Crippen molar-refractivity contribution < 1.29 is 19.0 Å². The fourth-order valence-electron chi connectivity index (χ4n) is 4.12. The van der Waals surface area contributed by atoms with Crippen molar-refractivity contribution >= 4 is 5.91 Å². The topological polar surface area (TPSA) is 91.6 Å². The Kier molecular flexibility index (Phi) is 5.17. The summed E-state index contributed by atoms with van der Waals surface area (Å²) in [4.78, 5) is 14.4. The van der Waals surface area contributed by atoms with Crippen LogP contribution in [0.1, 0.15) is 37.9 Å². The van der Waals surface area contributed by atoms with Gasteiger partial charge in [-0.25, -0.2) is 0 Å². The van der Waals surface area contributed by atoms with Gasteiger partial charge in [-0.3, -0.25) is 4.79 Å². The monoisotopic (exact) mass is 387 g/mol. The number of hydrogen-bond acceptors (Lipinski definition) is 7. The van der Waals surface area contributed by atoms with Crippen LogP contribution in [0, 0.1) is 0 Å². The maximum absolute atomic E-state index is 12.7. The molecule has 1 aliphatic carbocycles. The van der Waals surface area contributed by atoms with Crippen LogP contribution in [-0.2, 0) is 15.1 Å². The summed E-state index contributed by atoms with van der Waals surface area (Å²) in [5.74, 6) is 1.97. The number of methoxy groups -OCH3 is 1. The molecule has 0 unspecified atom stereocenters. The molecule has 0 saturated heterocycles. The normalized spacial score (nSPS) is 17.9. The molecule has 28 heavy (non-hydrogen) atoms. The highest BCUT2D eigenvalue weighted by atomic mass is 16.6. The fraction of sp³-hybridized carbons (Fsp3) is 0.579. The Hall–Kier alpha value is -2.68. The molecule has 1 fully saturated rings. The summed E-state index contributed by atoms with van der Waals surface area (Å²) in [5.41, 5.74) is 0.215. The Balaban J connectivity index is 1.75. The third kappa shape index (κ3) is 3.19. The zero-order valence-electron chi connectivity index (χ0n) is 16.3. The molecule has 2 aliphatic rings. The lowest BCUT2D eigenvalue weighted by atomic mass is 9.79. The minimum Gasteiger partial charge on any atom is -0.486 e. The van der Waals surface area contributed by atoms with Gasteiger partial charge in [0, 0.05) is 20.2 Å². The molecule has 1 aliphatic heterocycles. The summed E-state index contributed by atoms with van der Waals surface area (Å²) in [6, 6.07) is 5.64. The molecule has 1 aromatic heterocycles. The van der Waals surface area contributed by atoms with Crippen molar-refractivity contribution in [2.75, 3.05) is 34.0 Å². The first-order chi connectivity index (χ1) is 13.7. The van der Waals surface area contributed by atoms with E-state index in [0.717, 1.165) is 37.8 Å². The molecule has 4 rings (SSSR count). The van der Waals surface area contributed by atoms with Crippen molar-refractivity contribution in [3.05, 3.63) is 24.0 Å². The van der Waals surface area contributed by atoms with E-state index in [-0.39, 0.29) is 12.5 Å². The summed E-state index contributed by atoms with van der Waals surface area (Å²) in [6.45, 7) is 1.08. The number of ether oxygens (including phenoxy) is 3. The van der Waals surface area contributed by atoms with E-state index in [1.54, 1.807) is 9.58 Å². The molecule has 0 N–H and O–H groups in total. The fourth-order valence-corrected chi connectivity index (χ4v) is 4.12. The van der Waals surface area contributed by atoms with Gasteiger partial charge < -0.3 is 19.1 Å². The lowest BCUT2D eigenvalue weighted by Gasteiger charge is -2.43. The zero-order valence-corrected chi connectivity index (χ0v) is 16.3. The SMILES string of the molecule is COCC(=O)N(C)C1(c2nnnn2-c2ccc3c(c2)OCCO3)CCCCC1. The maximum Gasteiger partial charge on any atom is 0.249 e. The van der Waals surface area contributed by atoms with Gasteiger partial charge in [0.1, 0.15) is 25.4 Å². The molecule has 9 heteroatoms. The first kappa shape index (κ1) is 18.7. The molecular weight excluding hydrogens is 362 g/mol. The number of likely N-dealkylation sites (N-methyl/N-ethyl adjacent to an activating group) is 1. The van der Waals surface area contributed by atoms with Crippen molar-refractivity contribution in [1.29, 1.82) is 0 Å². The lowest BCUT2D eigenvalue weighted by Crippen LogP contribution is -2.51. The molecule has 9 nitrogen and oxygen atoms in total. The van der Waals surface area contributed by atoms with Crippen molar-refractivity contribution in [3.8, 4) is 17.2 Å². The van der Waals surface area contributed by atoms with Gasteiger partial charge in [-0.05, 0) is 35.4 Å². The van der Waals surface area contributed by atoms with Crippen LogP contribution in [0.5, 0.6) is 11.5 Å². The molecule has 150 valence electrons. The first-order valence-corrected chi connectivity index (χ1v) is 9.60. The lowest BCUT2D eigenvalue weighted by molar-refractivity contribution is -0.142. The van der Waals surface area contributed by atoms with Crippen LogP contribution in [-0.4, -0.2) is 65.0 Å². The van der Waals surface area contributed by atoms with E-state index in [4.69, 9.17) is 14.2 Å². The molecule has 2 heterocycles. The summed E-state index contributed by atoms with van der Waals surface area (Å²) in [7, 11) is 3.34. The van der Waals surface area contributed by atoms with Crippen LogP contribution in [0.15, 0.2) is 18.2 Å². The second-order valence-corrected chi connectivity index (χ2v) is 7.22. The molecule has 1 amide bonds. The summed E-state index contributed by atoms with van der Waals surface area (Å²) >= 11 is 0. The van der Waals surface area contributed by atoms with Crippen molar-refractivity contribution in [1.82, 2.24) is 25.1 Å². The average Bonchev–Trinajstić information content (AvgIpc) is 3.24. The van der Waals surface area contributed by atoms with Crippen LogP contribution in [0.4, 0.5) is 0 Å². The maximum atomic E-state index is 12.7. The number of amides is 1. The van der Waals surface area contributed by atoms with Gasteiger partial charge in [-0.1, -0.05) is 19.3 Å². The van der Waals surface area contributed by atoms with E-state index in [2.05, 4.69) is 15.5 Å². The van der Waals surface area contributed by atoms with Gasteiger partial charge >= 0.3 is 0 Å². The smallest absolute Gasteiger partial charge is 0.249 e. The van der Waals surface area contributed by atoms with Crippen LogP contribution < -0.4 is 9.47 Å². The van der Waals surface area contributed by atoms with Crippen molar-refractivity contribution in [3.63, 3.8) is 0 Å². The first-order valence-electron chi connectivity index (χ1n) is 9.60. The Bertz CT molecular complexity index is 847. The number of nitrogens with zero attached hydrogens (tertiary/aromatic N) is 5. The molecule has 1 saturated carbocycles. The third-order valence-electron chi connectivity index (χ3n) is 5.62. The minimum absolute atomic E-state index is 0.0316.